The summed E-state index contributed by atoms with van der Waals surface area (Å²) in [6.07, 6.45) is 2.00. The third kappa shape index (κ3) is 2.71. The second-order valence-electron chi connectivity index (χ2n) is 4.20. The van der Waals surface area contributed by atoms with E-state index in [-0.39, 0.29) is 0 Å². The molecule has 1 atom stereocenters. The lowest BCUT2D eigenvalue weighted by molar-refractivity contribution is 0.205. The van der Waals surface area contributed by atoms with Gasteiger partial charge in [-0.3, -0.25) is 4.68 Å². The van der Waals surface area contributed by atoms with Gasteiger partial charge in [0.15, 0.2) is 0 Å². The number of aryl methyl sites for hydroxylation is 1. The Kier molecular flexibility index (Phi) is 3.99. The molecule has 0 fully saturated rings. The van der Waals surface area contributed by atoms with E-state index in [1.54, 1.807) is 10.7 Å². The Morgan fingerprint density at radius 1 is 1.33 bits per heavy atom. The fraction of sp³-hybridized carbons (Fsp3) is 0.357. The lowest BCUT2D eigenvalue weighted by Gasteiger charge is -2.14. The number of aliphatic hydroxyl groups is 1. The molecule has 18 heavy (non-hydrogen) atoms. The van der Waals surface area contributed by atoms with E-state index in [0.717, 1.165) is 17.7 Å². The van der Waals surface area contributed by atoms with E-state index in [4.69, 9.17) is 4.74 Å². The molecule has 1 aromatic heterocycles. The number of aliphatic hydroxyl groups excluding tert-OH is 1. The van der Waals surface area contributed by atoms with Crippen molar-refractivity contribution in [2.24, 2.45) is 7.05 Å². The van der Waals surface area contributed by atoms with Crippen LogP contribution in [0.15, 0.2) is 36.5 Å². The minimum Gasteiger partial charge on any atom is -0.493 e. The first-order chi connectivity index (χ1) is 8.72. The van der Waals surface area contributed by atoms with Gasteiger partial charge in [0.1, 0.15) is 11.9 Å². The quantitative estimate of drug-likeness (QED) is 0.880. The molecule has 0 radical (unpaired) electrons. The SMILES string of the molecule is CCCOc1ccccc1C(O)c1ccn(C)n1. The van der Waals surface area contributed by atoms with Gasteiger partial charge in [-0.1, -0.05) is 25.1 Å². The van der Waals surface area contributed by atoms with Crippen LogP contribution >= 0.6 is 0 Å². The van der Waals surface area contributed by atoms with Crippen LogP contribution in [0.3, 0.4) is 0 Å². The van der Waals surface area contributed by atoms with Gasteiger partial charge in [0.25, 0.3) is 0 Å². The predicted molar refractivity (Wildman–Crippen MR) is 69.5 cm³/mol. The molecule has 0 spiro atoms. The summed E-state index contributed by atoms with van der Waals surface area (Å²) in [5.41, 5.74) is 1.38. The molecule has 1 heterocycles. The van der Waals surface area contributed by atoms with Crippen molar-refractivity contribution in [1.29, 1.82) is 0 Å². The first kappa shape index (κ1) is 12.6. The molecular formula is C14H18N2O2. The lowest BCUT2D eigenvalue weighted by Crippen LogP contribution is -2.05. The fourth-order valence-electron chi connectivity index (χ4n) is 1.79. The van der Waals surface area contributed by atoms with E-state index in [1.807, 2.05) is 37.5 Å². The molecule has 0 amide bonds. The Balaban J connectivity index is 2.26. The predicted octanol–water partition coefficient (Wildman–Crippen LogP) is 2.29. The minimum atomic E-state index is -0.751. The largest absolute Gasteiger partial charge is 0.493 e. The molecule has 2 aromatic rings. The Morgan fingerprint density at radius 3 is 2.78 bits per heavy atom. The number of para-hydroxylation sites is 1. The molecule has 0 aliphatic heterocycles. The maximum atomic E-state index is 10.3. The number of rotatable bonds is 5. The Labute approximate surface area is 107 Å². The number of benzene rings is 1. The van der Waals surface area contributed by atoms with Crippen LogP contribution in [0.4, 0.5) is 0 Å². The first-order valence-corrected chi connectivity index (χ1v) is 6.11. The molecule has 0 aliphatic carbocycles. The van der Waals surface area contributed by atoms with Gasteiger partial charge < -0.3 is 9.84 Å². The van der Waals surface area contributed by atoms with Gasteiger partial charge in [-0.05, 0) is 18.6 Å². The zero-order chi connectivity index (χ0) is 13.0. The van der Waals surface area contributed by atoms with Crippen molar-refractivity contribution < 1.29 is 9.84 Å². The summed E-state index contributed by atoms with van der Waals surface area (Å²) in [6.45, 7) is 2.70. The van der Waals surface area contributed by atoms with E-state index in [0.29, 0.717) is 12.3 Å². The smallest absolute Gasteiger partial charge is 0.126 e. The van der Waals surface area contributed by atoms with Gasteiger partial charge in [-0.25, -0.2) is 0 Å². The molecule has 2 rings (SSSR count). The summed E-state index contributed by atoms with van der Waals surface area (Å²) in [5, 5.41) is 14.5. The van der Waals surface area contributed by atoms with Crippen molar-refractivity contribution in [3.63, 3.8) is 0 Å². The van der Waals surface area contributed by atoms with Gasteiger partial charge in [0.05, 0.1) is 12.3 Å². The number of ether oxygens (including phenoxy) is 1. The number of aromatic nitrogens is 2. The van der Waals surface area contributed by atoms with Crippen LogP contribution in [0.1, 0.15) is 30.7 Å². The standard InChI is InChI=1S/C14H18N2O2/c1-3-10-18-13-7-5-4-6-11(13)14(17)12-8-9-16(2)15-12/h4-9,14,17H,3,10H2,1-2H3. The molecule has 4 heteroatoms. The number of hydrogen-bond donors (Lipinski definition) is 1. The van der Waals surface area contributed by atoms with Gasteiger partial charge in [-0.2, -0.15) is 5.10 Å². The van der Waals surface area contributed by atoms with Crippen molar-refractivity contribution in [2.75, 3.05) is 6.61 Å². The fourth-order valence-corrected chi connectivity index (χ4v) is 1.79. The molecule has 1 unspecified atom stereocenters. The van der Waals surface area contributed by atoms with E-state index in [1.165, 1.54) is 0 Å². The molecule has 96 valence electrons. The Bertz CT molecular complexity index is 508. The highest BCUT2D eigenvalue weighted by Gasteiger charge is 2.17. The molecule has 0 aliphatic rings. The highest BCUT2D eigenvalue weighted by atomic mass is 16.5. The Morgan fingerprint density at radius 2 is 2.11 bits per heavy atom. The van der Waals surface area contributed by atoms with Crippen molar-refractivity contribution in [3.8, 4) is 5.75 Å². The normalized spacial score (nSPS) is 12.4. The summed E-state index contributed by atoms with van der Waals surface area (Å²) >= 11 is 0. The number of nitrogens with zero attached hydrogens (tertiary/aromatic N) is 2. The van der Waals surface area contributed by atoms with Crippen molar-refractivity contribution in [3.05, 3.63) is 47.8 Å². The first-order valence-electron chi connectivity index (χ1n) is 6.11. The maximum absolute atomic E-state index is 10.3. The molecule has 0 saturated carbocycles. The monoisotopic (exact) mass is 246 g/mol. The third-order valence-electron chi connectivity index (χ3n) is 2.69. The molecule has 0 bridgehead atoms. The molecule has 0 saturated heterocycles. The van der Waals surface area contributed by atoms with Gasteiger partial charge in [0.2, 0.25) is 0 Å². The second kappa shape index (κ2) is 5.69. The van der Waals surface area contributed by atoms with E-state index in [2.05, 4.69) is 12.0 Å². The van der Waals surface area contributed by atoms with Gasteiger partial charge in [0, 0.05) is 18.8 Å². The van der Waals surface area contributed by atoms with Gasteiger partial charge >= 0.3 is 0 Å². The van der Waals surface area contributed by atoms with Crippen LogP contribution < -0.4 is 4.74 Å². The summed E-state index contributed by atoms with van der Waals surface area (Å²) in [7, 11) is 1.83. The zero-order valence-corrected chi connectivity index (χ0v) is 10.7. The summed E-state index contributed by atoms with van der Waals surface area (Å²) in [4.78, 5) is 0. The Hall–Kier alpha value is -1.81. The highest BCUT2D eigenvalue weighted by Crippen LogP contribution is 2.28. The van der Waals surface area contributed by atoms with E-state index >= 15 is 0 Å². The molecule has 1 aromatic carbocycles. The average molecular weight is 246 g/mol. The number of hydrogen-bond acceptors (Lipinski definition) is 3. The third-order valence-corrected chi connectivity index (χ3v) is 2.69. The average Bonchev–Trinajstić information content (AvgIpc) is 2.82. The molecule has 1 N–H and O–H groups in total. The maximum Gasteiger partial charge on any atom is 0.126 e. The van der Waals surface area contributed by atoms with Crippen LogP contribution in [0.25, 0.3) is 0 Å². The summed E-state index contributed by atoms with van der Waals surface area (Å²) < 4.78 is 7.32. The van der Waals surface area contributed by atoms with Crippen LogP contribution in [-0.2, 0) is 7.05 Å². The van der Waals surface area contributed by atoms with Crippen molar-refractivity contribution in [2.45, 2.75) is 19.4 Å². The van der Waals surface area contributed by atoms with Crippen molar-refractivity contribution in [1.82, 2.24) is 9.78 Å². The van der Waals surface area contributed by atoms with E-state index < -0.39 is 6.10 Å². The van der Waals surface area contributed by atoms with Crippen LogP contribution in [-0.4, -0.2) is 21.5 Å². The summed E-state index contributed by atoms with van der Waals surface area (Å²) in [6, 6.07) is 9.34. The summed E-state index contributed by atoms with van der Waals surface area (Å²) in [5.74, 6) is 0.720. The second-order valence-corrected chi connectivity index (χ2v) is 4.20. The molecular weight excluding hydrogens is 228 g/mol. The topological polar surface area (TPSA) is 47.3 Å². The van der Waals surface area contributed by atoms with E-state index in [9.17, 15) is 5.11 Å². The van der Waals surface area contributed by atoms with Crippen LogP contribution in [0.2, 0.25) is 0 Å². The highest BCUT2D eigenvalue weighted by molar-refractivity contribution is 5.38. The molecule has 4 nitrogen and oxygen atoms in total. The van der Waals surface area contributed by atoms with Crippen molar-refractivity contribution >= 4 is 0 Å². The van der Waals surface area contributed by atoms with Gasteiger partial charge in [-0.15, -0.1) is 0 Å². The van der Waals surface area contributed by atoms with Crippen LogP contribution in [0, 0.1) is 0 Å². The lowest BCUT2D eigenvalue weighted by atomic mass is 10.1. The minimum absolute atomic E-state index is 0.630. The van der Waals surface area contributed by atoms with Crippen LogP contribution in [0.5, 0.6) is 5.75 Å². The zero-order valence-electron chi connectivity index (χ0n) is 10.7.